The molecule has 0 radical (unpaired) electrons. The van der Waals surface area contributed by atoms with Crippen molar-refractivity contribution in [3.05, 3.63) is 77.9 Å². The third-order valence-electron chi connectivity index (χ3n) is 2.73. The van der Waals surface area contributed by atoms with E-state index >= 15 is 0 Å². The van der Waals surface area contributed by atoms with Crippen LogP contribution < -0.4 is 5.32 Å². The summed E-state index contributed by atoms with van der Waals surface area (Å²) in [6.45, 7) is 0.556. The summed E-state index contributed by atoms with van der Waals surface area (Å²) in [5.41, 5.74) is 2.17. The van der Waals surface area contributed by atoms with Gasteiger partial charge < -0.3 is 5.32 Å². The summed E-state index contributed by atoms with van der Waals surface area (Å²) in [5.74, 6) is 0.0453. The lowest BCUT2D eigenvalue weighted by Gasteiger charge is -2.02. The predicted octanol–water partition coefficient (Wildman–Crippen LogP) is 3.06. The van der Waals surface area contributed by atoms with Gasteiger partial charge in [-0.15, -0.1) is 0 Å². The van der Waals surface area contributed by atoms with Gasteiger partial charge in [0.25, 0.3) is 0 Å². The summed E-state index contributed by atoms with van der Waals surface area (Å²) in [6.07, 6.45) is 4.39. The molecule has 0 bridgehead atoms. The summed E-state index contributed by atoms with van der Waals surface area (Å²) in [6, 6.07) is 19.8. The van der Waals surface area contributed by atoms with Gasteiger partial charge in [-0.25, -0.2) is 0 Å². The first kappa shape index (κ1) is 13.1. The van der Waals surface area contributed by atoms with Crippen LogP contribution in [0.25, 0.3) is 6.08 Å². The van der Waals surface area contributed by atoms with E-state index in [2.05, 4.69) is 5.32 Å². The average molecular weight is 251 g/mol. The first-order valence-corrected chi connectivity index (χ1v) is 6.37. The van der Waals surface area contributed by atoms with Gasteiger partial charge in [-0.05, 0) is 11.1 Å². The lowest BCUT2D eigenvalue weighted by Crippen LogP contribution is -2.24. The summed E-state index contributed by atoms with van der Waals surface area (Å²) in [7, 11) is 0. The van der Waals surface area contributed by atoms with Crippen LogP contribution in [0.4, 0.5) is 0 Å². The standard InChI is InChI=1S/C17H17NO/c19-17(14-16-10-5-2-6-11-16)18-13-7-12-15-8-3-1-4-9-15/h1-12H,13-14H2,(H,18,19)/b12-7+. The molecule has 0 heterocycles. The van der Waals surface area contributed by atoms with Gasteiger partial charge in [0.2, 0.25) is 5.91 Å². The van der Waals surface area contributed by atoms with Crippen LogP contribution in [-0.4, -0.2) is 12.5 Å². The molecule has 2 rings (SSSR count). The quantitative estimate of drug-likeness (QED) is 0.869. The number of hydrogen-bond donors (Lipinski definition) is 1. The Morgan fingerprint density at radius 2 is 1.58 bits per heavy atom. The molecule has 2 heteroatoms. The van der Waals surface area contributed by atoms with Gasteiger partial charge in [0, 0.05) is 6.54 Å². The van der Waals surface area contributed by atoms with Gasteiger partial charge >= 0.3 is 0 Å². The van der Waals surface area contributed by atoms with E-state index in [1.54, 1.807) is 0 Å². The monoisotopic (exact) mass is 251 g/mol. The molecule has 1 N–H and O–H groups in total. The first-order chi connectivity index (χ1) is 9.34. The van der Waals surface area contributed by atoms with Crippen LogP contribution in [0.15, 0.2) is 66.7 Å². The van der Waals surface area contributed by atoms with E-state index in [4.69, 9.17) is 0 Å². The van der Waals surface area contributed by atoms with E-state index < -0.39 is 0 Å². The van der Waals surface area contributed by atoms with E-state index in [1.165, 1.54) is 0 Å². The molecule has 0 fully saturated rings. The number of rotatable bonds is 5. The van der Waals surface area contributed by atoms with Crippen molar-refractivity contribution in [2.45, 2.75) is 6.42 Å². The van der Waals surface area contributed by atoms with Crippen molar-refractivity contribution in [3.63, 3.8) is 0 Å². The number of amides is 1. The molecule has 2 aromatic carbocycles. The molecule has 2 nitrogen and oxygen atoms in total. The second-order valence-electron chi connectivity index (χ2n) is 4.28. The Morgan fingerprint density at radius 3 is 2.26 bits per heavy atom. The van der Waals surface area contributed by atoms with Gasteiger partial charge in [0.15, 0.2) is 0 Å². The molecule has 0 unspecified atom stereocenters. The van der Waals surface area contributed by atoms with Crippen molar-refractivity contribution >= 4 is 12.0 Å². The molecule has 0 saturated carbocycles. The highest BCUT2D eigenvalue weighted by Crippen LogP contribution is 2.01. The summed E-state index contributed by atoms with van der Waals surface area (Å²) in [4.78, 5) is 11.7. The van der Waals surface area contributed by atoms with E-state index in [1.807, 2.05) is 72.8 Å². The fourth-order valence-electron chi connectivity index (χ4n) is 1.78. The average Bonchev–Trinajstić information content (AvgIpc) is 2.46. The number of carbonyl (C=O) groups excluding carboxylic acids is 1. The molecule has 0 aliphatic heterocycles. The minimum Gasteiger partial charge on any atom is -0.352 e. The topological polar surface area (TPSA) is 29.1 Å². The Bertz CT molecular complexity index is 532. The van der Waals surface area contributed by atoms with E-state index in [0.717, 1.165) is 11.1 Å². The van der Waals surface area contributed by atoms with Crippen LogP contribution in [0.2, 0.25) is 0 Å². The van der Waals surface area contributed by atoms with Gasteiger partial charge in [-0.2, -0.15) is 0 Å². The van der Waals surface area contributed by atoms with Gasteiger partial charge in [-0.1, -0.05) is 72.8 Å². The van der Waals surface area contributed by atoms with Gasteiger partial charge in [-0.3, -0.25) is 4.79 Å². The Labute approximate surface area is 113 Å². The second-order valence-corrected chi connectivity index (χ2v) is 4.28. The summed E-state index contributed by atoms with van der Waals surface area (Å²) < 4.78 is 0. The van der Waals surface area contributed by atoms with Crippen molar-refractivity contribution in [3.8, 4) is 0 Å². The molecule has 0 spiro atoms. The molecule has 19 heavy (non-hydrogen) atoms. The van der Waals surface area contributed by atoms with Crippen molar-refractivity contribution in [1.29, 1.82) is 0 Å². The molecule has 96 valence electrons. The second kappa shape index (κ2) is 7.17. The highest BCUT2D eigenvalue weighted by molar-refractivity contribution is 5.78. The third-order valence-corrected chi connectivity index (χ3v) is 2.73. The smallest absolute Gasteiger partial charge is 0.224 e. The number of carbonyl (C=O) groups is 1. The molecular weight excluding hydrogens is 234 g/mol. The minimum atomic E-state index is 0.0453. The van der Waals surface area contributed by atoms with Crippen molar-refractivity contribution in [1.82, 2.24) is 5.32 Å². The summed E-state index contributed by atoms with van der Waals surface area (Å²) >= 11 is 0. The number of nitrogens with one attached hydrogen (secondary N) is 1. The molecule has 0 aliphatic carbocycles. The van der Waals surface area contributed by atoms with Crippen molar-refractivity contribution in [2.24, 2.45) is 0 Å². The van der Waals surface area contributed by atoms with Crippen LogP contribution in [0.5, 0.6) is 0 Å². The van der Waals surface area contributed by atoms with E-state index in [9.17, 15) is 4.79 Å². The SMILES string of the molecule is O=C(Cc1ccccc1)NC/C=C/c1ccccc1. The first-order valence-electron chi connectivity index (χ1n) is 6.37. The van der Waals surface area contributed by atoms with Crippen molar-refractivity contribution < 1.29 is 4.79 Å². The Hall–Kier alpha value is -2.35. The Kier molecular flexibility index (Phi) is 4.94. The van der Waals surface area contributed by atoms with Gasteiger partial charge in [0.05, 0.1) is 6.42 Å². The molecule has 0 aromatic heterocycles. The zero-order chi connectivity index (χ0) is 13.3. The summed E-state index contributed by atoms with van der Waals surface area (Å²) in [5, 5.41) is 2.88. The molecule has 0 aliphatic rings. The normalized spacial score (nSPS) is 10.5. The molecule has 0 saturated heterocycles. The minimum absolute atomic E-state index is 0.0453. The Balaban J connectivity index is 1.74. The lowest BCUT2D eigenvalue weighted by atomic mass is 10.1. The zero-order valence-electron chi connectivity index (χ0n) is 10.8. The fourth-order valence-corrected chi connectivity index (χ4v) is 1.78. The largest absolute Gasteiger partial charge is 0.352 e. The van der Waals surface area contributed by atoms with Crippen LogP contribution in [0.1, 0.15) is 11.1 Å². The Morgan fingerprint density at radius 1 is 0.947 bits per heavy atom. The molecule has 2 aromatic rings. The van der Waals surface area contributed by atoms with Crippen LogP contribution in [0, 0.1) is 0 Å². The fraction of sp³-hybridized carbons (Fsp3) is 0.118. The molecular formula is C17H17NO. The van der Waals surface area contributed by atoms with E-state index in [0.29, 0.717) is 13.0 Å². The van der Waals surface area contributed by atoms with Gasteiger partial charge in [0.1, 0.15) is 0 Å². The lowest BCUT2D eigenvalue weighted by molar-refractivity contribution is -0.120. The number of benzene rings is 2. The van der Waals surface area contributed by atoms with E-state index in [-0.39, 0.29) is 5.91 Å². The van der Waals surface area contributed by atoms with Crippen LogP contribution >= 0.6 is 0 Å². The maximum absolute atomic E-state index is 11.7. The highest BCUT2D eigenvalue weighted by Gasteiger charge is 2.00. The molecule has 0 atom stereocenters. The highest BCUT2D eigenvalue weighted by atomic mass is 16.1. The molecule has 1 amide bonds. The maximum atomic E-state index is 11.7. The third kappa shape index (κ3) is 4.80. The number of hydrogen-bond acceptors (Lipinski definition) is 1. The van der Waals surface area contributed by atoms with Crippen molar-refractivity contribution in [2.75, 3.05) is 6.54 Å². The zero-order valence-corrected chi connectivity index (χ0v) is 10.8. The van der Waals surface area contributed by atoms with Crippen LogP contribution in [-0.2, 0) is 11.2 Å². The predicted molar refractivity (Wildman–Crippen MR) is 78.6 cm³/mol. The van der Waals surface area contributed by atoms with Crippen LogP contribution in [0.3, 0.4) is 0 Å². The maximum Gasteiger partial charge on any atom is 0.224 e.